The summed E-state index contributed by atoms with van der Waals surface area (Å²) in [5.41, 5.74) is 10.8. The summed E-state index contributed by atoms with van der Waals surface area (Å²) >= 11 is 0. The number of benzene rings is 3. The summed E-state index contributed by atoms with van der Waals surface area (Å²) in [6.07, 6.45) is 6.82. The standard InChI is InChI=1S/C47H47F2N15O2/c1-28(45(65)61-18-6-7-31(25-61)63-44-38(42(50)51-27-52-44)40(58-63)30-12-14-33(15-13-30)66-32-8-4-3-5-9-32)24-62(26-37-54-36-17-16-35(48)39(49)41(36)55-37)47-57-46(60-21-19-59(2)20-22-60)56-43-34(29-10-11-29)23-53-64(43)47/h3-5,8-9,12-17,23,27,29,31H,1,6-7,10-11,18-22,24-26H2,2H3,(H,54,55)(H2,50,51,52)/t31-/m1/s1. The lowest BCUT2D eigenvalue weighted by Crippen LogP contribution is -2.45. The minimum absolute atomic E-state index is 0.0173. The second kappa shape index (κ2) is 16.8. The van der Waals surface area contributed by atoms with Gasteiger partial charge >= 0.3 is 0 Å². The van der Waals surface area contributed by atoms with Gasteiger partial charge in [0.2, 0.25) is 11.9 Å². The molecule has 3 aliphatic rings. The number of likely N-dealkylation sites (N-methyl/N-ethyl adjacent to an activating group) is 1. The van der Waals surface area contributed by atoms with Gasteiger partial charge < -0.3 is 35.1 Å². The quantitative estimate of drug-likeness (QED) is 0.127. The molecular weight excluding hydrogens is 845 g/mol. The average molecular weight is 892 g/mol. The number of nitrogens with two attached hydrogens (primary N) is 1. The number of amides is 1. The highest BCUT2D eigenvalue weighted by Gasteiger charge is 2.33. The first-order valence-electron chi connectivity index (χ1n) is 22.2. The normalized spacial score (nSPS) is 17.0. The van der Waals surface area contributed by atoms with Gasteiger partial charge in [0.25, 0.3) is 5.91 Å². The van der Waals surface area contributed by atoms with Crippen LogP contribution in [0, 0.1) is 11.6 Å². The van der Waals surface area contributed by atoms with Crippen LogP contribution in [0.15, 0.2) is 91.4 Å². The fraction of sp³-hybridized carbons (Fsp3) is 0.319. The zero-order chi connectivity index (χ0) is 45.1. The van der Waals surface area contributed by atoms with Gasteiger partial charge in [-0.1, -0.05) is 24.8 Å². The van der Waals surface area contributed by atoms with Crippen molar-refractivity contribution in [3.05, 3.63) is 114 Å². The Morgan fingerprint density at radius 1 is 0.924 bits per heavy atom. The average Bonchev–Trinajstić information content (AvgIpc) is 3.75. The lowest BCUT2D eigenvalue weighted by molar-refractivity contribution is -0.128. The van der Waals surface area contributed by atoms with E-state index in [9.17, 15) is 13.6 Å². The maximum absolute atomic E-state index is 15.0. The van der Waals surface area contributed by atoms with E-state index in [-0.39, 0.29) is 30.6 Å². The predicted octanol–water partition coefficient (Wildman–Crippen LogP) is 6.52. The first-order chi connectivity index (χ1) is 32.1. The van der Waals surface area contributed by atoms with E-state index in [1.54, 1.807) is 9.42 Å². The number of imidazole rings is 1. The number of para-hydroxylation sites is 1. The first kappa shape index (κ1) is 41.2. The van der Waals surface area contributed by atoms with Gasteiger partial charge in [-0.2, -0.15) is 24.7 Å². The molecule has 1 aliphatic carbocycles. The van der Waals surface area contributed by atoms with Crippen LogP contribution in [0.3, 0.4) is 0 Å². The van der Waals surface area contributed by atoms with E-state index in [1.165, 1.54) is 12.4 Å². The van der Waals surface area contributed by atoms with Gasteiger partial charge in [-0.25, -0.2) is 28.4 Å². The largest absolute Gasteiger partial charge is 0.457 e. The monoisotopic (exact) mass is 891 g/mol. The van der Waals surface area contributed by atoms with Gasteiger partial charge in [-0.15, -0.1) is 0 Å². The maximum Gasteiger partial charge on any atom is 0.251 e. The fourth-order valence-corrected chi connectivity index (χ4v) is 9.04. The third-order valence-electron chi connectivity index (χ3n) is 12.7. The van der Waals surface area contributed by atoms with Crippen molar-refractivity contribution in [2.24, 2.45) is 0 Å². The second-order valence-electron chi connectivity index (χ2n) is 17.4. The van der Waals surface area contributed by atoms with Gasteiger partial charge in [0.15, 0.2) is 22.9 Å². The van der Waals surface area contributed by atoms with Crippen molar-refractivity contribution >= 4 is 51.3 Å². The summed E-state index contributed by atoms with van der Waals surface area (Å²) in [4.78, 5) is 49.5. The molecule has 5 aromatic heterocycles. The van der Waals surface area contributed by atoms with Crippen LogP contribution in [-0.4, -0.2) is 118 Å². The number of carbonyl (C=O) groups is 1. The summed E-state index contributed by atoms with van der Waals surface area (Å²) in [6, 6.07) is 19.5. The van der Waals surface area contributed by atoms with Gasteiger partial charge in [-0.3, -0.25) is 4.79 Å². The molecule has 8 aromatic rings. The molecule has 2 aliphatic heterocycles. The predicted molar refractivity (Wildman–Crippen MR) is 245 cm³/mol. The van der Waals surface area contributed by atoms with Crippen molar-refractivity contribution in [3.63, 3.8) is 0 Å². The minimum atomic E-state index is -1.04. The highest BCUT2D eigenvalue weighted by Crippen LogP contribution is 2.42. The van der Waals surface area contributed by atoms with Crippen LogP contribution >= 0.6 is 0 Å². The molecule has 66 heavy (non-hydrogen) atoms. The van der Waals surface area contributed by atoms with E-state index < -0.39 is 11.6 Å². The molecule has 1 atom stereocenters. The number of piperazine rings is 1. The summed E-state index contributed by atoms with van der Waals surface area (Å²) < 4.78 is 39.0. The number of hydrogen-bond donors (Lipinski definition) is 2. The number of aromatic amines is 1. The number of nitrogens with zero attached hydrogens (tertiary/aromatic N) is 13. The zero-order valence-corrected chi connectivity index (χ0v) is 36.3. The molecule has 0 unspecified atom stereocenters. The van der Waals surface area contributed by atoms with E-state index >= 15 is 0 Å². The molecule has 7 heterocycles. The topological polar surface area (TPSA) is 181 Å². The molecule has 3 N–H and O–H groups in total. The molecule has 1 saturated carbocycles. The number of hydrogen-bond acceptors (Lipinski definition) is 13. The molecule has 336 valence electrons. The van der Waals surface area contributed by atoms with Crippen LogP contribution < -0.4 is 20.3 Å². The van der Waals surface area contributed by atoms with Crippen molar-refractivity contribution in [1.82, 2.24) is 59.1 Å². The molecule has 2 saturated heterocycles. The number of piperidine rings is 1. The number of nitrogen functional groups attached to an aromatic ring is 1. The Morgan fingerprint density at radius 3 is 2.50 bits per heavy atom. The van der Waals surface area contributed by atoms with E-state index in [1.807, 2.05) is 70.4 Å². The second-order valence-corrected chi connectivity index (χ2v) is 17.4. The van der Waals surface area contributed by atoms with Crippen LogP contribution in [0.2, 0.25) is 0 Å². The SMILES string of the molecule is C=C(CN(Cc1nc2c(F)c(F)ccc2[nH]1)c1nc(N2CCN(C)CC2)nc2c(C3CC3)cnn12)C(=O)N1CCC[C@@H](n2nc(-c3ccc(Oc4ccccc4)cc3)c3c(N)ncnc32)C1. The molecule has 19 heteroatoms. The molecular formula is C47H47F2N15O2. The number of halogens is 2. The molecule has 3 aromatic carbocycles. The van der Waals surface area contributed by atoms with Crippen LogP contribution in [0.1, 0.15) is 49.0 Å². The number of aromatic nitrogens is 10. The van der Waals surface area contributed by atoms with Crippen molar-refractivity contribution in [1.29, 1.82) is 0 Å². The molecule has 3 fully saturated rings. The Bertz CT molecular complexity index is 3120. The highest BCUT2D eigenvalue weighted by atomic mass is 19.2. The van der Waals surface area contributed by atoms with Gasteiger partial charge in [-0.05, 0) is 87.2 Å². The van der Waals surface area contributed by atoms with Crippen LogP contribution in [0.25, 0.3) is 39.0 Å². The van der Waals surface area contributed by atoms with Gasteiger partial charge in [0.05, 0.1) is 36.2 Å². The molecule has 0 radical (unpaired) electrons. The highest BCUT2D eigenvalue weighted by molar-refractivity contribution is 5.98. The number of rotatable bonds is 12. The van der Waals surface area contributed by atoms with Crippen molar-refractivity contribution < 1.29 is 18.3 Å². The summed E-state index contributed by atoms with van der Waals surface area (Å²) in [7, 11) is 2.09. The number of ether oxygens (including phenoxy) is 1. The van der Waals surface area contributed by atoms with Crippen LogP contribution in [0.5, 0.6) is 11.5 Å². The molecule has 0 spiro atoms. The van der Waals surface area contributed by atoms with E-state index in [2.05, 4.69) is 43.4 Å². The third kappa shape index (κ3) is 7.77. The number of anilines is 3. The Balaban J connectivity index is 0.897. The summed E-state index contributed by atoms with van der Waals surface area (Å²) in [5, 5.41) is 10.5. The van der Waals surface area contributed by atoms with Crippen LogP contribution in [-0.2, 0) is 11.3 Å². The number of nitrogens with one attached hydrogen (secondary N) is 1. The Labute approximate surface area is 377 Å². The summed E-state index contributed by atoms with van der Waals surface area (Å²) in [6.45, 7) is 8.41. The Morgan fingerprint density at radius 2 is 1.71 bits per heavy atom. The van der Waals surface area contributed by atoms with Crippen LogP contribution in [0.4, 0.5) is 26.5 Å². The third-order valence-corrected chi connectivity index (χ3v) is 12.7. The molecule has 11 rings (SSSR count). The van der Waals surface area contributed by atoms with Crippen molar-refractivity contribution in [2.45, 2.75) is 44.2 Å². The Kier molecular flexibility index (Phi) is 10.5. The smallest absolute Gasteiger partial charge is 0.251 e. The lowest BCUT2D eigenvalue weighted by Gasteiger charge is -2.34. The van der Waals surface area contributed by atoms with Crippen molar-refractivity contribution in [2.75, 3.05) is 68.4 Å². The Hall–Kier alpha value is -7.54. The fourth-order valence-electron chi connectivity index (χ4n) is 9.04. The number of fused-ring (bicyclic) bond motifs is 3. The summed E-state index contributed by atoms with van der Waals surface area (Å²) in [5.74, 6) is 1.10. The van der Waals surface area contributed by atoms with Crippen molar-refractivity contribution in [3.8, 4) is 22.8 Å². The number of likely N-dealkylation sites (tertiary alicyclic amines) is 1. The van der Waals surface area contributed by atoms with Gasteiger partial charge in [0.1, 0.15) is 40.7 Å². The molecule has 17 nitrogen and oxygen atoms in total. The van der Waals surface area contributed by atoms with E-state index in [4.69, 9.17) is 30.6 Å². The number of carbonyl (C=O) groups excluding carboxylic acids is 1. The van der Waals surface area contributed by atoms with E-state index in [0.717, 1.165) is 68.4 Å². The van der Waals surface area contributed by atoms with Gasteiger partial charge in [0, 0.05) is 56.0 Å². The maximum atomic E-state index is 15.0. The molecule has 0 bridgehead atoms. The molecule has 1 amide bonds. The zero-order valence-electron chi connectivity index (χ0n) is 36.3. The minimum Gasteiger partial charge on any atom is -0.457 e. The lowest BCUT2D eigenvalue weighted by atomic mass is 10.0. The van der Waals surface area contributed by atoms with E-state index in [0.29, 0.717) is 88.2 Å². The first-order valence-corrected chi connectivity index (χ1v) is 22.2. The number of H-pyrrole nitrogens is 1.